The summed E-state index contributed by atoms with van der Waals surface area (Å²) in [5, 5.41) is 0. The summed E-state index contributed by atoms with van der Waals surface area (Å²) in [5.41, 5.74) is 0. The molecular formula is C20H40Cl2MnN4+3. The van der Waals surface area contributed by atoms with Gasteiger partial charge >= 0.3 is 17.1 Å². The number of nitrogens with zero attached hydrogens (tertiary/aromatic N) is 4. The van der Waals surface area contributed by atoms with Crippen LogP contribution in [0.5, 0.6) is 0 Å². The number of rotatable bonds is 6. The van der Waals surface area contributed by atoms with Gasteiger partial charge in [-0.2, -0.15) is 0 Å². The van der Waals surface area contributed by atoms with Gasteiger partial charge in [0.1, 0.15) is 0 Å². The van der Waals surface area contributed by atoms with Gasteiger partial charge in [-0.25, -0.2) is 0 Å². The van der Waals surface area contributed by atoms with Gasteiger partial charge in [-0.15, -0.1) is 0 Å². The van der Waals surface area contributed by atoms with E-state index in [4.69, 9.17) is 23.2 Å². The Balaban J connectivity index is 0.00000364. The second-order valence-corrected chi connectivity index (χ2v) is 9.43. The molecule has 2 aliphatic heterocycles. The third-order valence-corrected chi connectivity index (χ3v) is 6.76. The van der Waals surface area contributed by atoms with Gasteiger partial charge in [0, 0.05) is 52.2 Å². The van der Waals surface area contributed by atoms with Crippen LogP contribution < -0.4 is 0 Å². The van der Waals surface area contributed by atoms with E-state index in [0.717, 1.165) is 45.7 Å². The van der Waals surface area contributed by atoms with Crippen LogP contribution in [0.2, 0.25) is 0 Å². The molecule has 0 aromatic rings. The van der Waals surface area contributed by atoms with Gasteiger partial charge in [0.15, 0.2) is 4.46 Å². The van der Waals surface area contributed by atoms with E-state index < -0.39 is 4.46 Å². The first kappa shape index (κ1) is 26.0. The maximum absolute atomic E-state index is 6.86. The summed E-state index contributed by atoms with van der Waals surface area (Å²) in [4.78, 5) is 10.1. The van der Waals surface area contributed by atoms with Crippen molar-refractivity contribution in [1.29, 1.82) is 0 Å². The Labute approximate surface area is 188 Å². The smallest absolute Gasteiger partial charge is 0.302 e. The van der Waals surface area contributed by atoms with Crippen molar-refractivity contribution in [2.24, 2.45) is 0 Å². The maximum atomic E-state index is 6.86. The average Bonchev–Trinajstić information content (AvgIpc) is 2.63. The summed E-state index contributed by atoms with van der Waals surface area (Å²) in [6.07, 6.45) is 7.14. The fourth-order valence-electron chi connectivity index (χ4n) is 3.98. The Hall–Kier alpha value is 0.939. The SMILES string of the molecule is CCCCN1CCCN2CCN(CCCC)CCC(Cl)(Cl)N(CC1)CC2.[Mn+3]. The van der Waals surface area contributed by atoms with Crippen molar-refractivity contribution < 1.29 is 17.1 Å². The Morgan fingerprint density at radius 3 is 1.93 bits per heavy atom. The summed E-state index contributed by atoms with van der Waals surface area (Å²) in [5.74, 6) is 0. The summed E-state index contributed by atoms with van der Waals surface area (Å²) in [6.45, 7) is 16.7. The van der Waals surface area contributed by atoms with Crippen molar-refractivity contribution in [3.8, 4) is 0 Å². The van der Waals surface area contributed by atoms with Crippen molar-refractivity contribution >= 4 is 23.2 Å². The fourth-order valence-corrected chi connectivity index (χ4v) is 4.49. The van der Waals surface area contributed by atoms with Crippen molar-refractivity contribution in [2.75, 3.05) is 72.0 Å². The Morgan fingerprint density at radius 2 is 1.26 bits per heavy atom. The molecule has 2 saturated heterocycles. The molecule has 0 N–H and O–H groups in total. The predicted molar refractivity (Wildman–Crippen MR) is 114 cm³/mol. The zero-order valence-corrected chi connectivity index (χ0v) is 20.1. The molecule has 27 heavy (non-hydrogen) atoms. The maximum Gasteiger partial charge on any atom is 3.00 e. The van der Waals surface area contributed by atoms with Gasteiger partial charge in [0.05, 0.1) is 0 Å². The van der Waals surface area contributed by atoms with Crippen molar-refractivity contribution in [3.63, 3.8) is 0 Å². The van der Waals surface area contributed by atoms with Crippen LogP contribution in [0.3, 0.4) is 0 Å². The largest absolute Gasteiger partial charge is 3.00 e. The van der Waals surface area contributed by atoms with Crippen molar-refractivity contribution in [3.05, 3.63) is 0 Å². The van der Waals surface area contributed by atoms with Crippen LogP contribution in [-0.4, -0.2) is 96.0 Å². The third kappa shape index (κ3) is 9.53. The molecule has 2 bridgehead atoms. The van der Waals surface area contributed by atoms with Gasteiger partial charge in [-0.3, -0.25) is 4.90 Å². The van der Waals surface area contributed by atoms with E-state index in [0.29, 0.717) is 0 Å². The van der Waals surface area contributed by atoms with Crippen LogP contribution in [0, 0.1) is 0 Å². The van der Waals surface area contributed by atoms with Gasteiger partial charge in [0.2, 0.25) is 0 Å². The summed E-state index contributed by atoms with van der Waals surface area (Å²) in [6, 6.07) is 0. The molecule has 0 radical (unpaired) electrons. The van der Waals surface area contributed by atoms with E-state index in [-0.39, 0.29) is 17.1 Å². The molecule has 2 heterocycles. The van der Waals surface area contributed by atoms with E-state index in [1.54, 1.807) is 0 Å². The topological polar surface area (TPSA) is 13.0 Å². The molecule has 2 atom stereocenters. The normalized spacial score (nSPS) is 28.4. The minimum atomic E-state index is -0.747. The second-order valence-electron chi connectivity index (χ2n) is 7.99. The van der Waals surface area contributed by atoms with Crippen molar-refractivity contribution in [2.45, 2.75) is 56.8 Å². The minimum absolute atomic E-state index is 0. The zero-order chi connectivity index (χ0) is 18.8. The van der Waals surface area contributed by atoms with Gasteiger partial charge < -0.3 is 14.7 Å². The Bertz CT molecular complexity index is 387. The number of fused-ring (bicyclic) bond motifs is 3. The average molecular weight is 462 g/mol. The Morgan fingerprint density at radius 1 is 0.704 bits per heavy atom. The predicted octanol–water partition coefficient (Wildman–Crippen LogP) is 3.73. The van der Waals surface area contributed by atoms with Crippen LogP contribution in [0.15, 0.2) is 0 Å². The summed E-state index contributed by atoms with van der Waals surface area (Å²) in [7, 11) is 0. The van der Waals surface area contributed by atoms with Gasteiger partial charge in [0.25, 0.3) is 0 Å². The minimum Gasteiger partial charge on any atom is -0.302 e. The number of unbranched alkanes of at least 4 members (excludes halogenated alkanes) is 2. The van der Waals surface area contributed by atoms with Crippen LogP contribution >= 0.6 is 23.2 Å². The third-order valence-electron chi connectivity index (χ3n) is 5.90. The molecule has 7 heteroatoms. The van der Waals surface area contributed by atoms with E-state index in [2.05, 4.69) is 33.4 Å². The first-order valence-electron chi connectivity index (χ1n) is 10.8. The molecule has 0 saturated carbocycles. The van der Waals surface area contributed by atoms with Gasteiger partial charge in [-0.1, -0.05) is 49.9 Å². The number of alkyl halides is 2. The fraction of sp³-hybridized carbons (Fsp3) is 1.00. The summed E-state index contributed by atoms with van der Waals surface area (Å²) >= 11 is 13.7. The quantitative estimate of drug-likeness (QED) is 0.339. The molecule has 0 aromatic heterocycles. The van der Waals surface area contributed by atoms with E-state index in [1.807, 2.05) is 0 Å². The first-order valence-corrected chi connectivity index (χ1v) is 11.6. The van der Waals surface area contributed by atoms with E-state index in [9.17, 15) is 0 Å². The molecule has 158 valence electrons. The number of hydrogen-bond acceptors (Lipinski definition) is 4. The van der Waals surface area contributed by atoms with Crippen molar-refractivity contribution in [1.82, 2.24) is 19.6 Å². The number of hydrogen-bond donors (Lipinski definition) is 0. The van der Waals surface area contributed by atoms with Crippen LogP contribution in [0.1, 0.15) is 52.4 Å². The van der Waals surface area contributed by atoms with Crippen LogP contribution in [0.4, 0.5) is 0 Å². The number of halogens is 2. The molecule has 4 nitrogen and oxygen atoms in total. The first-order chi connectivity index (χ1) is 12.5. The molecule has 0 spiro atoms. The molecule has 2 rings (SSSR count). The summed E-state index contributed by atoms with van der Waals surface area (Å²) < 4.78 is -0.747. The molecule has 2 unspecified atom stereocenters. The van der Waals surface area contributed by atoms with E-state index in [1.165, 1.54) is 64.8 Å². The molecule has 0 amide bonds. The molecule has 0 aromatic carbocycles. The standard InChI is InChI=1S/C20H40Cl2N4.Mn/c1-3-5-9-23-11-7-12-25-15-14-24(10-6-4-2)13-8-20(21,22)26(18-16-23)19-17-25;/h3-19H2,1-2H3;/q;+3. The molecule has 0 aliphatic carbocycles. The molecular weight excluding hydrogens is 422 g/mol. The zero-order valence-electron chi connectivity index (χ0n) is 17.4. The molecule has 2 aliphatic rings. The second kappa shape index (κ2) is 14.0. The van der Waals surface area contributed by atoms with E-state index >= 15 is 0 Å². The van der Waals surface area contributed by atoms with Crippen LogP contribution in [0.25, 0.3) is 0 Å². The monoisotopic (exact) mass is 461 g/mol. The molecule has 2 fully saturated rings. The van der Waals surface area contributed by atoms with Gasteiger partial charge in [-0.05, 0) is 45.4 Å². The Kier molecular flexibility index (Phi) is 13.5. The van der Waals surface area contributed by atoms with Crippen LogP contribution in [-0.2, 0) is 17.1 Å².